The van der Waals surface area contributed by atoms with Gasteiger partial charge in [-0.1, -0.05) is 6.07 Å². The minimum Gasteiger partial charge on any atom is -0.492 e. The lowest BCUT2D eigenvalue weighted by atomic mass is 10.3. The van der Waals surface area contributed by atoms with Gasteiger partial charge in [0.1, 0.15) is 12.4 Å². The molecule has 11 heavy (non-hydrogen) atoms. The Morgan fingerprint density at radius 3 is 2.91 bits per heavy atom. The molecule has 0 saturated carbocycles. The van der Waals surface area contributed by atoms with Gasteiger partial charge in [0.05, 0.1) is 0 Å². The smallest absolute Gasteiger partial charge is 0.120 e. The number of rotatable bonds is 3. The van der Waals surface area contributed by atoms with Gasteiger partial charge in [-0.3, -0.25) is 0 Å². The van der Waals surface area contributed by atoms with Crippen LogP contribution in [0.3, 0.4) is 0 Å². The lowest BCUT2D eigenvalue weighted by Crippen LogP contribution is -2.10. The molecule has 0 heterocycles. The van der Waals surface area contributed by atoms with Crippen LogP contribution in [0.2, 0.25) is 0 Å². The largest absolute Gasteiger partial charge is 0.492 e. The summed E-state index contributed by atoms with van der Waals surface area (Å²) in [6, 6.07) is 7.90. The van der Waals surface area contributed by atoms with Crippen molar-refractivity contribution in [2.75, 3.05) is 13.2 Å². The summed E-state index contributed by atoms with van der Waals surface area (Å²) < 4.78 is 6.48. The molecule has 0 spiro atoms. The Balaban J connectivity index is 2.56. The van der Waals surface area contributed by atoms with Gasteiger partial charge in [0.2, 0.25) is 0 Å². The minimum absolute atomic E-state index is 0.561. The average Bonchev–Trinajstić information content (AvgIpc) is 2.01. The number of nitrogens with two attached hydrogens (primary N) is 1. The van der Waals surface area contributed by atoms with Crippen molar-refractivity contribution in [1.82, 2.24) is 0 Å². The molecule has 0 aliphatic heterocycles. The second-order valence-corrected chi connectivity index (χ2v) is 3.34. The summed E-state index contributed by atoms with van der Waals surface area (Å²) >= 11 is 2.25. The first-order valence-electron chi connectivity index (χ1n) is 3.41. The molecule has 1 aromatic carbocycles. The van der Waals surface area contributed by atoms with Gasteiger partial charge in [-0.25, -0.2) is 0 Å². The van der Waals surface area contributed by atoms with Crippen molar-refractivity contribution in [3.05, 3.63) is 27.8 Å². The standard InChI is InChI=1S/C8H10INO/c9-7-2-1-3-8(6-7)11-5-4-10/h1-3,6H,4-5,10H2. The van der Waals surface area contributed by atoms with E-state index in [0.717, 1.165) is 5.75 Å². The molecule has 2 N–H and O–H groups in total. The Kier molecular flexibility index (Phi) is 3.65. The van der Waals surface area contributed by atoms with Crippen molar-refractivity contribution < 1.29 is 4.74 Å². The van der Waals surface area contributed by atoms with E-state index in [9.17, 15) is 0 Å². The topological polar surface area (TPSA) is 35.2 Å². The zero-order chi connectivity index (χ0) is 8.10. The van der Waals surface area contributed by atoms with Crippen molar-refractivity contribution in [1.29, 1.82) is 0 Å². The van der Waals surface area contributed by atoms with Crippen molar-refractivity contribution in [3.63, 3.8) is 0 Å². The van der Waals surface area contributed by atoms with Crippen molar-refractivity contribution in [2.24, 2.45) is 5.73 Å². The molecule has 0 aliphatic rings. The van der Waals surface area contributed by atoms with Crippen molar-refractivity contribution >= 4 is 22.6 Å². The molecular formula is C8H10INO. The van der Waals surface area contributed by atoms with E-state index in [1.54, 1.807) is 0 Å². The molecule has 2 nitrogen and oxygen atoms in total. The SMILES string of the molecule is NCCOc1cccc(I)c1. The lowest BCUT2D eigenvalue weighted by Gasteiger charge is -2.03. The molecule has 0 fully saturated rings. The summed E-state index contributed by atoms with van der Waals surface area (Å²) in [5.41, 5.74) is 5.29. The highest BCUT2D eigenvalue weighted by Crippen LogP contribution is 2.14. The van der Waals surface area contributed by atoms with Gasteiger partial charge in [0.25, 0.3) is 0 Å². The summed E-state index contributed by atoms with van der Waals surface area (Å²) in [7, 11) is 0. The Labute approximate surface area is 79.9 Å². The van der Waals surface area contributed by atoms with Crippen LogP contribution in [0.1, 0.15) is 0 Å². The summed E-state index contributed by atoms with van der Waals surface area (Å²) in [5, 5.41) is 0. The molecule has 1 aromatic rings. The molecule has 0 radical (unpaired) electrons. The molecule has 0 saturated heterocycles. The number of ether oxygens (including phenoxy) is 1. The molecule has 0 atom stereocenters. The first-order valence-corrected chi connectivity index (χ1v) is 4.49. The van der Waals surface area contributed by atoms with E-state index in [2.05, 4.69) is 22.6 Å². The van der Waals surface area contributed by atoms with Gasteiger partial charge in [0.15, 0.2) is 0 Å². The van der Waals surface area contributed by atoms with E-state index in [4.69, 9.17) is 10.5 Å². The molecule has 0 unspecified atom stereocenters. The molecule has 0 amide bonds. The van der Waals surface area contributed by atoms with Crippen LogP contribution in [0.15, 0.2) is 24.3 Å². The van der Waals surface area contributed by atoms with Gasteiger partial charge in [-0.15, -0.1) is 0 Å². The van der Waals surface area contributed by atoms with Gasteiger partial charge >= 0.3 is 0 Å². The fourth-order valence-corrected chi connectivity index (χ4v) is 1.25. The summed E-state index contributed by atoms with van der Waals surface area (Å²) in [5.74, 6) is 0.891. The third-order valence-electron chi connectivity index (χ3n) is 1.18. The lowest BCUT2D eigenvalue weighted by molar-refractivity contribution is 0.328. The highest BCUT2D eigenvalue weighted by molar-refractivity contribution is 14.1. The van der Waals surface area contributed by atoms with Crippen LogP contribution in [-0.2, 0) is 0 Å². The number of hydrogen-bond acceptors (Lipinski definition) is 2. The number of halogens is 1. The van der Waals surface area contributed by atoms with Crippen LogP contribution >= 0.6 is 22.6 Å². The zero-order valence-corrected chi connectivity index (χ0v) is 8.24. The van der Waals surface area contributed by atoms with E-state index >= 15 is 0 Å². The second kappa shape index (κ2) is 4.56. The Morgan fingerprint density at radius 1 is 1.45 bits per heavy atom. The van der Waals surface area contributed by atoms with E-state index in [0.29, 0.717) is 13.2 Å². The fourth-order valence-electron chi connectivity index (χ4n) is 0.734. The molecule has 60 valence electrons. The van der Waals surface area contributed by atoms with Crippen LogP contribution in [0.25, 0.3) is 0 Å². The molecule has 3 heteroatoms. The first-order chi connectivity index (χ1) is 5.33. The van der Waals surface area contributed by atoms with Gasteiger partial charge in [0, 0.05) is 10.1 Å². The number of benzene rings is 1. The maximum Gasteiger partial charge on any atom is 0.120 e. The highest BCUT2D eigenvalue weighted by atomic mass is 127. The summed E-state index contributed by atoms with van der Waals surface area (Å²) in [6.45, 7) is 1.14. The maximum atomic E-state index is 5.31. The van der Waals surface area contributed by atoms with E-state index in [1.807, 2.05) is 24.3 Å². The van der Waals surface area contributed by atoms with Crippen molar-refractivity contribution in [3.8, 4) is 5.75 Å². The van der Waals surface area contributed by atoms with Gasteiger partial charge in [-0.2, -0.15) is 0 Å². The molecule has 1 rings (SSSR count). The predicted molar refractivity (Wildman–Crippen MR) is 53.7 cm³/mol. The normalized spacial score (nSPS) is 9.64. The molecular weight excluding hydrogens is 253 g/mol. The molecule has 0 aliphatic carbocycles. The third kappa shape index (κ3) is 3.07. The van der Waals surface area contributed by atoms with Crippen LogP contribution in [0.4, 0.5) is 0 Å². The Morgan fingerprint density at radius 2 is 2.27 bits per heavy atom. The van der Waals surface area contributed by atoms with E-state index in [-0.39, 0.29) is 0 Å². The van der Waals surface area contributed by atoms with Crippen molar-refractivity contribution in [2.45, 2.75) is 0 Å². The fraction of sp³-hybridized carbons (Fsp3) is 0.250. The van der Waals surface area contributed by atoms with Crippen LogP contribution in [0.5, 0.6) is 5.75 Å². The summed E-state index contributed by atoms with van der Waals surface area (Å²) in [4.78, 5) is 0. The second-order valence-electron chi connectivity index (χ2n) is 2.09. The van der Waals surface area contributed by atoms with Crippen LogP contribution < -0.4 is 10.5 Å². The van der Waals surface area contributed by atoms with E-state index < -0.39 is 0 Å². The average molecular weight is 263 g/mol. The van der Waals surface area contributed by atoms with Gasteiger partial charge in [-0.05, 0) is 40.8 Å². The van der Waals surface area contributed by atoms with Crippen LogP contribution in [-0.4, -0.2) is 13.2 Å². The van der Waals surface area contributed by atoms with Gasteiger partial charge < -0.3 is 10.5 Å². The Hall–Kier alpha value is -0.290. The molecule has 0 bridgehead atoms. The quantitative estimate of drug-likeness (QED) is 0.841. The number of hydrogen-bond donors (Lipinski definition) is 1. The summed E-state index contributed by atoms with van der Waals surface area (Å²) in [6.07, 6.45) is 0. The highest BCUT2D eigenvalue weighted by Gasteiger charge is 1.91. The predicted octanol–water partition coefficient (Wildman–Crippen LogP) is 1.63. The van der Waals surface area contributed by atoms with E-state index in [1.165, 1.54) is 3.57 Å². The Bertz CT molecular complexity index is 227. The van der Waals surface area contributed by atoms with Crippen LogP contribution in [0, 0.1) is 3.57 Å². The third-order valence-corrected chi connectivity index (χ3v) is 1.85. The first kappa shape index (κ1) is 8.80. The maximum absolute atomic E-state index is 5.31. The minimum atomic E-state index is 0.561. The molecule has 0 aromatic heterocycles. The monoisotopic (exact) mass is 263 g/mol. The zero-order valence-electron chi connectivity index (χ0n) is 6.09.